The number of carboxylic acids is 1. The molecule has 0 aliphatic carbocycles. The van der Waals surface area contributed by atoms with Crippen LogP contribution in [0.2, 0.25) is 0 Å². The van der Waals surface area contributed by atoms with Crippen LogP contribution in [-0.4, -0.2) is 74.3 Å². The molecule has 0 aliphatic heterocycles. The van der Waals surface area contributed by atoms with Gasteiger partial charge in [-0.05, 0) is 18.1 Å². The number of carbonyl (C=O) groups excluding carboxylic acids is 4. The summed E-state index contributed by atoms with van der Waals surface area (Å²) in [6, 6.07) is 3.88. The van der Waals surface area contributed by atoms with E-state index in [0.717, 1.165) is 10.9 Å². The average Bonchev–Trinajstić information content (AvgIpc) is 3.55. The predicted molar refractivity (Wildman–Crippen MR) is 135 cm³/mol. The van der Waals surface area contributed by atoms with Gasteiger partial charge >= 0.3 is 5.97 Å². The second-order valence-electron chi connectivity index (χ2n) is 8.69. The number of nitrogens with zero attached hydrogens (tertiary/aromatic N) is 1. The van der Waals surface area contributed by atoms with E-state index in [1.54, 1.807) is 6.20 Å². The lowest BCUT2D eigenvalue weighted by atomic mass is 10.0. The van der Waals surface area contributed by atoms with Gasteiger partial charge in [0.15, 0.2) is 0 Å². The lowest BCUT2D eigenvalue weighted by molar-refractivity contribution is -0.142. The Morgan fingerprint density at radius 2 is 1.76 bits per heavy atom. The van der Waals surface area contributed by atoms with Crippen LogP contribution >= 0.6 is 0 Å². The van der Waals surface area contributed by atoms with Gasteiger partial charge in [0, 0.05) is 48.3 Å². The normalized spacial score (nSPS) is 13.3. The fraction of sp³-hybridized carbons (Fsp3) is 0.333. The van der Waals surface area contributed by atoms with Crippen LogP contribution in [0.15, 0.2) is 43.0 Å². The zero-order valence-corrected chi connectivity index (χ0v) is 20.4. The summed E-state index contributed by atoms with van der Waals surface area (Å²) < 4.78 is 0. The van der Waals surface area contributed by atoms with Crippen molar-refractivity contribution in [3.8, 4) is 0 Å². The van der Waals surface area contributed by atoms with Crippen molar-refractivity contribution in [2.45, 2.75) is 43.8 Å². The van der Waals surface area contributed by atoms with Crippen molar-refractivity contribution in [2.24, 2.45) is 11.5 Å². The Bertz CT molecular complexity index is 1290. The fourth-order valence-electron chi connectivity index (χ4n) is 3.79. The zero-order valence-electron chi connectivity index (χ0n) is 20.4. The molecule has 3 atom stereocenters. The summed E-state index contributed by atoms with van der Waals surface area (Å²) in [5.41, 5.74) is 12.8. The van der Waals surface area contributed by atoms with Gasteiger partial charge in [0.1, 0.15) is 12.1 Å². The minimum atomic E-state index is -1.27. The number of aliphatic carboxylic acids is 1. The van der Waals surface area contributed by atoms with Crippen molar-refractivity contribution in [3.05, 3.63) is 54.2 Å². The molecule has 0 bridgehead atoms. The van der Waals surface area contributed by atoms with Gasteiger partial charge in [0.25, 0.3) is 0 Å². The summed E-state index contributed by atoms with van der Waals surface area (Å²) in [7, 11) is 0. The van der Waals surface area contributed by atoms with Gasteiger partial charge in [-0.15, -0.1) is 0 Å². The summed E-state index contributed by atoms with van der Waals surface area (Å²) in [6.45, 7) is -0.493. The van der Waals surface area contributed by atoms with Gasteiger partial charge in [-0.2, -0.15) is 0 Å². The molecule has 3 rings (SSSR count). The molecule has 3 aromatic rings. The first-order chi connectivity index (χ1) is 18.1. The SMILES string of the molecule is NC(=O)CCC(N)C(=O)NCC(=O)NC(Cc1cnc[nH]1)C(=O)NC(Cc1c[nH]c2ccccc12)C(=O)O. The third kappa shape index (κ3) is 7.89. The largest absolute Gasteiger partial charge is 0.480 e. The highest BCUT2D eigenvalue weighted by Crippen LogP contribution is 2.19. The average molecular weight is 527 g/mol. The number of aromatic amines is 2. The molecule has 3 unspecified atom stereocenters. The number of rotatable bonds is 14. The van der Waals surface area contributed by atoms with E-state index in [9.17, 15) is 29.1 Å². The summed E-state index contributed by atoms with van der Waals surface area (Å²) in [6.07, 6.45) is 4.48. The minimum Gasteiger partial charge on any atom is -0.480 e. The van der Waals surface area contributed by atoms with Crippen molar-refractivity contribution >= 4 is 40.5 Å². The van der Waals surface area contributed by atoms with E-state index in [4.69, 9.17) is 11.5 Å². The maximum atomic E-state index is 13.1. The number of primary amides is 1. The highest BCUT2D eigenvalue weighted by Gasteiger charge is 2.28. The van der Waals surface area contributed by atoms with Crippen LogP contribution < -0.4 is 27.4 Å². The molecule has 0 aliphatic rings. The van der Waals surface area contributed by atoms with Crippen LogP contribution in [0.25, 0.3) is 10.9 Å². The maximum Gasteiger partial charge on any atom is 0.326 e. The smallest absolute Gasteiger partial charge is 0.326 e. The van der Waals surface area contributed by atoms with E-state index in [0.29, 0.717) is 11.3 Å². The van der Waals surface area contributed by atoms with Gasteiger partial charge in [-0.25, -0.2) is 9.78 Å². The van der Waals surface area contributed by atoms with Gasteiger partial charge in [-0.1, -0.05) is 18.2 Å². The predicted octanol–water partition coefficient (Wildman–Crippen LogP) is -1.56. The van der Waals surface area contributed by atoms with E-state index in [2.05, 4.69) is 30.9 Å². The molecule has 14 heteroatoms. The third-order valence-electron chi connectivity index (χ3n) is 5.81. The van der Waals surface area contributed by atoms with E-state index in [-0.39, 0.29) is 25.7 Å². The molecular weight excluding hydrogens is 496 g/mol. The highest BCUT2D eigenvalue weighted by atomic mass is 16.4. The first-order valence-corrected chi connectivity index (χ1v) is 11.8. The number of amides is 4. The summed E-state index contributed by atoms with van der Waals surface area (Å²) >= 11 is 0. The van der Waals surface area contributed by atoms with Crippen molar-refractivity contribution in [3.63, 3.8) is 0 Å². The number of carbonyl (C=O) groups is 5. The molecule has 4 amide bonds. The lowest BCUT2D eigenvalue weighted by Gasteiger charge is -2.21. The second-order valence-corrected chi connectivity index (χ2v) is 8.69. The third-order valence-corrected chi connectivity index (χ3v) is 5.81. The van der Waals surface area contributed by atoms with Crippen molar-refractivity contribution in [1.82, 2.24) is 30.9 Å². The van der Waals surface area contributed by atoms with Crippen LogP contribution in [-0.2, 0) is 36.8 Å². The van der Waals surface area contributed by atoms with E-state index in [1.807, 2.05) is 24.3 Å². The molecule has 2 aromatic heterocycles. The Morgan fingerprint density at radius 1 is 1.00 bits per heavy atom. The van der Waals surface area contributed by atoms with E-state index in [1.165, 1.54) is 12.5 Å². The number of fused-ring (bicyclic) bond motifs is 1. The number of para-hydroxylation sites is 1. The first kappa shape index (κ1) is 27.9. The molecule has 1 aromatic carbocycles. The Hall–Kier alpha value is -4.72. The number of hydrogen-bond acceptors (Lipinski definition) is 7. The topological polar surface area (TPSA) is 238 Å². The van der Waals surface area contributed by atoms with Crippen molar-refractivity contribution in [2.75, 3.05) is 6.54 Å². The first-order valence-electron chi connectivity index (χ1n) is 11.8. The van der Waals surface area contributed by atoms with E-state index >= 15 is 0 Å². The number of carboxylic acid groups (broad SMARTS) is 1. The zero-order chi connectivity index (χ0) is 27.7. The summed E-state index contributed by atoms with van der Waals surface area (Å²) in [4.78, 5) is 70.4. The van der Waals surface area contributed by atoms with Crippen LogP contribution in [0.3, 0.4) is 0 Å². The van der Waals surface area contributed by atoms with Crippen molar-refractivity contribution in [1.29, 1.82) is 0 Å². The molecule has 202 valence electrons. The van der Waals surface area contributed by atoms with Gasteiger partial charge in [-0.3, -0.25) is 19.2 Å². The highest BCUT2D eigenvalue weighted by molar-refractivity contribution is 5.93. The molecular formula is C24H30N8O6. The van der Waals surface area contributed by atoms with Crippen LogP contribution in [0.1, 0.15) is 24.1 Å². The number of nitrogens with one attached hydrogen (secondary N) is 5. The Balaban J connectivity index is 1.65. The summed E-state index contributed by atoms with van der Waals surface area (Å²) in [5, 5.41) is 17.9. The Kier molecular flexibility index (Phi) is 9.54. The monoisotopic (exact) mass is 526 g/mol. The molecule has 0 saturated carbocycles. The van der Waals surface area contributed by atoms with Gasteiger partial charge < -0.3 is 42.5 Å². The number of imidazole rings is 1. The molecule has 0 spiro atoms. The Labute approximate surface area is 216 Å². The molecule has 14 nitrogen and oxygen atoms in total. The molecule has 2 heterocycles. The number of H-pyrrole nitrogens is 2. The minimum absolute atomic E-state index is 0.00899. The molecule has 0 saturated heterocycles. The van der Waals surface area contributed by atoms with Gasteiger partial charge in [0.05, 0.1) is 18.9 Å². The number of nitrogens with two attached hydrogens (primary N) is 2. The fourth-order valence-corrected chi connectivity index (χ4v) is 3.79. The number of benzene rings is 1. The molecule has 0 fully saturated rings. The van der Waals surface area contributed by atoms with Crippen molar-refractivity contribution < 1.29 is 29.1 Å². The Morgan fingerprint density at radius 3 is 2.45 bits per heavy atom. The lowest BCUT2D eigenvalue weighted by Crippen LogP contribution is -2.55. The summed E-state index contributed by atoms with van der Waals surface area (Å²) in [5.74, 6) is -3.95. The molecule has 10 N–H and O–H groups in total. The standard InChI is InChI=1S/C24H30N8O6/c25-16(5-6-20(26)33)22(35)29-11-21(34)31-18(8-14-10-27-12-30-14)23(36)32-19(24(37)38)7-13-9-28-17-4-2-1-3-15(13)17/h1-4,9-10,12,16,18-19,28H,5-8,11,25H2,(H2,26,33)(H,27,30)(H,29,35)(H,31,34)(H,32,36)(H,37,38). The van der Waals surface area contributed by atoms with Crippen LogP contribution in [0.5, 0.6) is 0 Å². The second kappa shape index (κ2) is 13.0. The van der Waals surface area contributed by atoms with Crippen LogP contribution in [0.4, 0.5) is 0 Å². The molecule has 0 radical (unpaired) electrons. The number of aromatic nitrogens is 3. The maximum absolute atomic E-state index is 13.1. The molecule has 38 heavy (non-hydrogen) atoms. The number of hydrogen-bond donors (Lipinski definition) is 8. The quantitative estimate of drug-likeness (QED) is 0.122. The van der Waals surface area contributed by atoms with E-state index < -0.39 is 54.3 Å². The van der Waals surface area contributed by atoms with Crippen LogP contribution in [0, 0.1) is 0 Å². The van der Waals surface area contributed by atoms with Gasteiger partial charge in [0.2, 0.25) is 23.6 Å².